The van der Waals surface area contributed by atoms with Gasteiger partial charge in [0, 0.05) is 0 Å². The first-order chi connectivity index (χ1) is 9.22. The molecule has 108 valence electrons. The van der Waals surface area contributed by atoms with Crippen molar-refractivity contribution in [2.24, 2.45) is 0 Å². The third-order valence-corrected chi connectivity index (χ3v) is 3.46. The fraction of sp³-hybridized carbons (Fsp3) is 0.667. The second kappa shape index (κ2) is 9.89. The van der Waals surface area contributed by atoms with E-state index in [0.29, 0.717) is 0 Å². The number of unbranched alkanes of at least 4 members (excludes halogenated alkanes) is 7. The molecule has 1 aromatic rings. The number of hydrogen-bond acceptors (Lipinski definition) is 1. The molecule has 0 amide bonds. The molecule has 0 heterocycles. The van der Waals surface area contributed by atoms with E-state index < -0.39 is 0 Å². The Morgan fingerprint density at radius 1 is 0.737 bits per heavy atom. The van der Waals surface area contributed by atoms with E-state index >= 15 is 0 Å². The zero-order chi connectivity index (χ0) is 13.9. The van der Waals surface area contributed by atoms with E-state index in [1.54, 1.807) is 0 Å². The van der Waals surface area contributed by atoms with Gasteiger partial charge in [-0.2, -0.15) is 0 Å². The molecule has 0 spiro atoms. The van der Waals surface area contributed by atoms with Crippen molar-refractivity contribution in [3.8, 4) is 5.75 Å². The molecule has 0 atom stereocenters. The molecule has 0 saturated carbocycles. The molecule has 0 N–H and O–H groups in total. The highest BCUT2D eigenvalue weighted by Crippen LogP contribution is 2.17. The lowest BCUT2D eigenvalue weighted by Gasteiger charge is -2.08. The predicted molar refractivity (Wildman–Crippen MR) is 84.0 cm³/mol. The van der Waals surface area contributed by atoms with Crippen LogP contribution in [-0.4, -0.2) is 6.61 Å². The monoisotopic (exact) mass is 262 g/mol. The van der Waals surface area contributed by atoms with Crippen LogP contribution in [-0.2, 0) is 0 Å². The molecule has 1 rings (SSSR count). The molecule has 0 bridgehead atoms. The first kappa shape index (κ1) is 16.1. The van der Waals surface area contributed by atoms with Crippen LogP contribution in [0.1, 0.15) is 69.4 Å². The predicted octanol–water partition coefficient (Wildman–Crippen LogP) is 5.82. The van der Waals surface area contributed by atoms with Crippen LogP contribution in [0, 0.1) is 13.8 Å². The Hall–Kier alpha value is -0.980. The normalized spacial score (nSPS) is 10.7. The maximum absolute atomic E-state index is 5.81. The van der Waals surface area contributed by atoms with Crippen molar-refractivity contribution < 1.29 is 4.74 Å². The van der Waals surface area contributed by atoms with Gasteiger partial charge in [-0.3, -0.25) is 0 Å². The topological polar surface area (TPSA) is 9.23 Å². The van der Waals surface area contributed by atoms with Crippen molar-refractivity contribution in [2.45, 2.75) is 72.1 Å². The van der Waals surface area contributed by atoms with Crippen LogP contribution in [0.5, 0.6) is 5.75 Å². The number of hydrogen-bond donors (Lipinski definition) is 0. The lowest BCUT2D eigenvalue weighted by molar-refractivity contribution is 0.304. The van der Waals surface area contributed by atoms with Crippen LogP contribution < -0.4 is 4.74 Å². The molecule has 0 aliphatic rings. The molecule has 0 aliphatic heterocycles. The summed E-state index contributed by atoms with van der Waals surface area (Å²) in [6, 6.07) is 6.43. The average molecular weight is 262 g/mol. The maximum atomic E-state index is 5.81. The van der Waals surface area contributed by atoms with Crippen LogP contribution in [0.4, 0.5) is 0 Å². The third-order valence-electron chi connectivity index (χ3n) is 3.46. The molecule has 0 fully saturated rings. The van der Waals surface area contributed by atoms with Gasteiger partial charge >= 0.3 is 0 Å². The van der Waals surface area contributed by atoms with Crippen molar-refractivity contribution in [2.75, 3.05) is 6.61 Å². The lowest BCUT2D eigenvalue weighted by atomic mass is 10.1. The first-order valence-corrected chi connectivity index (χ1v) is 7.93. The molecule has 0 unspecified atom stereocenters. The van der Waals surface area contributed by atoms with Gasteiger partial charge in [0.2, 0.25) is 0 Å². The Bertz CT molecular complexity index is 323. The second-order valence-corrected chi connectivity index (χ2v) is 5.65. The van der Waals surface area contributed by atoms with Crippen molar-refractivity contribution in [3.63, 3.8) is 0 Å². The highest BCUT2D eigenvalue weighted by molar-refractivity contribution is 5.32. The molecule has 1 aromatic carbocycles. The van der Waals surface area contributed by atoms with Crippen molar-refractivity contribution in [1.29, 1.82) is 0 Å². The molecule has 0 saturated heterocycles. The molecule has 0 radical (unpaired) electrons. The number of aryl methyl sites for hydroxylation is 2. The van der Waals surface area contributed by atoms with E-state index in [1.807, 2.05) is 0 Å². The summed E-state index contributed by atoms with van der Waals surface area (Å²) in [5, 5.41) is 0. The van der Waals surface area contributed by atoms with E-state index in [0.717, 1.165) is 12.4 Å². The molecule has 1 heteroatoms. The summed E-state index contributed by atoms with van der Waals surface area (Å²) in [7, 11) is 0. The van der Waals surface area contributed by atoms with Gasteiger partial charge in [-0.05, 0) is 43.5 Å². The highest BCUT2D eigenvalue weighted by Gasteiger charge is 1.97. The van der Waals surface area contributed by atoms with Crippen LogP contribution in [0.15, 0.2) is 18.2 Å². The molecule has 0 aliphatic carbocycles. The minimum atomic E-state index is 0.859. The van der Waals surface area contributed by atoms with Crippen LogP contribution in [0.25, 0.3) is 0 Å². The van der Waals surface area contributed by atoms with Gasteiger partial charge in [0.15, 0.2) is 0 Å². The summed E-state index contributed by atoms with van der Waals surface area (Å²) in [5.41, 5.74) is 2.57. The highest BCUT2D eigenvalue weighted by atomic mass is 16.5. The standard InChI is InChI=1S/C18H30O/c1-4-5-6-7-8-9-10-11-12-19-18-14-16(2)13-17(3)15-18/h13-15H,4-12H2,1-3H3. The second-order valence-electron chi connectivity index (χ2n) is 5.65. The molecule has 1 nitrogen and oxygen atoms in total. The van der Waals surface area contributed by atoms with Gasteiger partial charge in [-0.15, -0.1) is 0 Å². The minimum absolute atomic E-state index is 0.859. The Labute approximate surface area is 119 Å². The Morgan fingerprint density at radius 3 is 1.84 bits per heavy atom. The number of ether oxygens (including phenoxy) is 1. The van der Waals surface area contributed by atoms with Crippen molar-refractivity contribution >= 4 is 0 Å². The fourth-order valence-corrected chi connectivity index (χ4v) is 2.44. The average Bonchev–Trinajstić information content (AvgIpc) is 2.36. The van der Waals surface area contributed by atoms with E-state index in [9.17, 15) is 0 Å². The smallest absolute Gasteiger partial charge is 0.119 e. The molecular formula is C18H30O. The van der Waals surface area contributed by atoms with Crippen LogP contribution in [0.2, 0.25) is 0 Å². The maximum Gasteiger partial charge on any atom is 0.119 e. The summed E-state index contributed by atoms with van der Waals surface area (Å²) in [6.07, 6.45) is 10.8. The van der Waals surface area contributed by atoms with Crippen LogP contribution >= 0.6 is 0 Å². The Kier molecular flexibility index (Phi) is 8.36. The van der Waals surface area contributed by atoms with E-state index in [-0.39, 0.29) is 0 Å². The van der Waals surface area contributed by atoms with Crippen molar-refractivity contribution in [1.82, 2.24) is 0 Å². The summed E-state index contributed by atoms with van der Waals surface area (Å²) in [5.74, 6) is 1.03. The van der Waals surface area contributed by atoms with Gasteiger partial charge in [0.25, 0.3) is 0 Å². The van der Waals surface area contributed by atoms with E-state index in [1.165, 1.54) is 62.5 Å². The van der Waals surface area contributed by atoms with Gasteiger partial charge in [0.05, 0.1) is 6.61 Å². The minimum Gasteiger partial charge on any atom is -0.494 e. The molecule has 19 heavy (non-hydrogen) atoms. The van der Waals surface area contributed by atoms with Gasteiger partial charge in [-0.1, -0.05) is 57.9 Å². The van der Waals surface area contributed by atoms with Gasteiger partial charge < -0.3 is 4.74 Å². The largest absolute Gasteiger partial charge is 0.494 e. The third kappa shape index (κ3) is 7.92. The summed E-state index contributed by atoms with van der Waals surface area (Å²) in [4.78, 5) is 0. The summed E-state index contributed by atoms with van der Waals surface area (Å²) < 4.78 is 5.81. The quantitative estimate of drug-likeness (QED) is 0.482. The zero-order valence-corrected chi connectivity index (χ0v) is 13.0. The summed E-state index contributed by atoms with van der Waals surface area (Å²) >= 11 is 0. The van der Waals surface area contributed by atoms with Gasteiger partial charge in [-0.25, -0.2) is 0 Å². The zero-order valence-electron chi connectivity index (χ0n) is 13.0. The lowest BCUT2D eigenvalue weighted by Crippen LogP contribution is -1.98. The van der Waals surface area contributed by atoms with E-state index in [2.05, 4.69) is 39.0 Å². The number of rotatable bonds is 10. The molecule has 0 aromatic heterocycles. The fourth-order valence-electron chi connectivity index (χ4n) is 2.44. The first-order valence-electron chi connectivity index (χ1n) is 7.93. The van der Waals surface area contributed by atoms with E-state index in [4.69, 9.17) is 4.74 Å². The van der Waals surface area contributed by atoms with Crippen molar-refractivity contribution in [3.05, 3.63) is 29.3 Å². The SMILES string of the molecule is CCCCCCCCCCOc1cc(C)cc(C)c1. The number of benzene rings is 1. The Balaban J connectivity index is 2.01. The summed E-state index contributed by atoms with van der Waals surface area (Å²) in [6.45, 7) is 7.37. The van der Waals surface area contributed by atoms with Crippen LogP contribution in [0.3, 0.4) is 0 Å². The van der Waals surface area contributed by atoms with Gasteiger partial charge in [0.1, 0.15) is 5.75 Å². The molecular weight excluding hydrogens is 232 g/mol. The Morgan fingerprint density at radius 2 is 1.26 bits per heavy atom.